The second-order valence-corrected chi connectivity index (χ2v) is 12.1. The zero-order valence-corrected chi connectivity index (χ0v) is 22.5. The molecule has 2 amide bonds. The first-order chi connectivity index (χ1) is 17.0. The Morgan fingerprint density at radius 3 is 2.64 bits per heavy atom. The number of hydrogen-bond acceptors (Lipinski definition) is 10. The fourth-order valence-electron chi connectivity index (χ4n) is 5.27. The molecule has 0 radical (unpaired) electrons. The molecular weight excluding hydrogens is 506 g/mol. The number of Topliss-reactive ketones (excluding diaryl/α,β-unsaturated/α-hetero) is 1. The number of carboxylic acids is 1. The molecule has 2 saturated heterocycles. The number of carboxylic acid groups (broad SMARTS) is 1. The molecule has 0 unspecified atom stereocenters. The van der Waals surface area contributed by atoms with E-state index in [1.54, 1.807) is 26.0 Å². The minimum atomic E-state index is -1.12. The number of fused-ring (bicyclic) bond motifs is 1. The number of carbonyl (C=O) groups excluding carboxylic acids is 3. The van der Waals surface area contributed by atoms with Crippen LogP contribution in [0, 0.1) is 17.8 Å². The number of tetrazole rings is 1. The van der Waals surface area contributed by atoms with E-state index in [1.807, 2.05) is 13.8 Å². The Kier molecular flexibility index (Phi) is 7.76. The van der Waals surface area contributed by atoms with Gasteiger partial charge in [-0.1, -0.05) is 25.6 Å². The van der Waals surface area contributed by atoms with E-state index in [2.05, 4.69) is 20.8 Å². The molecule has 4 rings (SSSR count). The maximum atomic E-state index is 13.1. The van der Waals surface area contributed by atoms with Gasteiger partial charge >= 0.3 is 5.97 Å². The van der Waals surface area contributed by atoms with Gasteiger partial charge in [0.2, 0.25) is 17.0 Å². The van der Waals surface area contributed by atoms with E-state index >= 15 is 0 Å². The third kappa shape index (κ3) is 4.90. The fraction of sp³-hybridized carbons (Fsp3) is 0.682. The second kappa shape index (κ2) is 10.5. The number of thioether (sulfide) groups is 2. The van der Waals surface area contributed by atoms with Crippen LogP contribution in [0.4, 0.5) is 0 Å². The molecule has 0 saturated carbocycles. The number of rotatable bonds is 10. The van der Waals surface area contributed by atoms with Crippen molar-refractivity contribution in [1.29, 1.82) is 0 Å². The quantitative estimate of drug-likeness (QED) is 0.312. The molecule has 3 aliphatic heterocycles. The van der Waals surface area contributed by atoms with Crippen molar-refractivity contribution < 1.29 is 24.3 Å². The maximum absolute atomic E-state index is 13.1. The number of nitrogens with one attached hydrogen (secondary N) is 1. The van der Waals surface area contributed by atoms with Crippen LogP contribution in [-0.4, -0.2) is 102 Å². The molecule has 12 nitrogen and oxygen atoms in total. The fourth-order valence-corrected chi connectivity index (χ4v) is 7.48. The Morgan fingerprint density at radius 1 is 1.31 bits per heavy atom. The van der Waals surface area contributed by atoms with E-state index in [4.69, 9.17) is 0 Å². The average Bonchev–Trinajstić information content (AvgIpc) is 3.50. The lowest BCUT2D eigenvalue weighted by molar-refractivity contribution is -0.160. The van der Waals surface area contributed by atoms with Gasteiger partial charge in [-0.25, -0.2) is 9.48 Å². The van der Waals surface area contributed by atoms with E-state index < -0.39 is 11.9 Å². The van der Waals surface area contributed by atoms with Crippen LogP contribution < -0.4 is 5.32 Å². The molecule has 1 aromatic rings. The summed E-state index contributed by atoms with van der Waals surface area (Å²) in [6, 6.07) is -0.575. The van der Waals surface area contributed by atoms with Crippen molar-refractivity contribution in [2.24, 2.45) is 24.8 Å². The van der Waals surface area contributed by atoms with Crippen LogP contribution in [-0.2, 0) is 26.2 Å². The number of nitrogens with zero attached hydrogens (tertiary/aromatic N) is 6. The van der Waals surface area contributed by atoms with Crippen molar-refractivity contribution in [3.8, 4) is 0 Å². The lowest BCUT2D eigenvalue weighted by Gasteiger charge is -2.47. The van der Waals surface area contributed by atoms with Crippen molar-refractivity contribution in [2.75, 3.05) is 26.4 Å². The molecule has 0 aromatic carbocycles. The Labute approximate surface area is 217 Å². The number of hydrogen-bond donors (Lipinski definition) is 2. The molecule has 0 spiro atoms. The number of likely N-dealkylation sites (N-methyl/N-ethyl adjacent to an activating group) is 1. The third-order valence-electron chi connectivity index (χ3n) is 7.02. The Morgan fingerprint density at radius 2 is 2.03 bits per heavy atom. The first-order valence-corrected chi connectivity index (χ1v) is 13.7. The van der Waals surface area contributed by atoms with Crippen molar-refractivity contribution in [3.05, 3.63) is 10.6 Å². The molecular formula is C22H31N7O5S2. The summed E-state index contributed by atoms with van der Waals surface area (Å²) in [6.07, 6.45) is 0.813. The molecule has 0 aliphatic carbocycles. The van der Waals surface area contributed by atoms with Crippen LogP contribution >= 0.6 is 23.5 Å². The Hall–Kier alpha value is -2.45. The molecule has 2 N–H and O–H groups in total. The SMILES string of the molecule is C[C@@H](CC(=O)CSc1nnnn1C)[C@H]1C(=O)N2C(C(=O)O)=C(S[C@@H]3CN[C@H](C(=O)N(C)C)C3)[C@H](C)[C@H]12. The summed E-state index contributed by atoms with van der Waals surface area (Å²) < 4.78 is 1.49. The summed E-state index contributed by atoms with van der Waals surface area (Å²) in [5.41, 5.74) is 0.0463. The van der Waals surface area contributed by atoms with Crippen molar-refractivity contribution in [3.63, 3.8) is 0 Å². The minimum Gasteiger partial charge on any atom is -0.477 e. The highest BCUT2D eigenvalue weighted by molar-refractivity contribution is 8.03. The van der Waals surface area contributed by atoms with E-state index in [1.165, 1.54) is 33.1 Å². The molecule has 1 aromatic heterocycles. The van der Waals surface area contributed by atoms with Crippen LogP contribution in [0.2, 0.25) is 0 Å². The Bertz CT molecular complexity index is 1110. The Balaban J connectivity index is 1.40. The van der Waals surface area contributed by atoms with Gasteiger partial charge in [-0.05, 0) is 22.8 Å². The van der Waals surface area contributed by atoms with E-state index in [0.29, 0.717) is 23.0 Å². The summed E-state index contributed by atoms with van der Waals surface area (Å²) in [5.74, 6) is -1.98. The van der Waals surface area contributed by atoms with Crippen LogP contribution in [0.3, 0.4) is 0 Å². The van der Waals surface area contributed by atoms with Crippen molar-refractivity contribution in [1.82, 2.24) is 35.3 Å². The number of aromatic nitrogens is 4. The van der Waals surface area contributed by atoms with Crippen LogP contribution in [0.15, 0.2) is 15.8 Å². The topological polar surface area (TPSA) is 151 Å². The van der Waals surface area contributed by atoms with Crippen molar-refractivity contribution >= 4 is 47.1 Å². The number of β-lactam (4-membered cyclic amide) rings is 1. The maximum Gasteiger partial charge on any atom is 0.353 e. The summed E-state index contributed by atoms with van der Waals surface area (Å²) in [6.45, 7) is 4.42. The number of ketones is 1. The van der Waals surface area contributed by atoms with Crippen LogP contribution in [0.1, 0.15) is 26.7 Å². The van der Waals surface area contributed by atoms with Gasteiger partial charge in [0.25, 0.3) is 0 Å². The lowest BCUT2D eigenvalue weighted by Crippen LogP contribution is -2.62. The summed E-state index contributed by atoms with van der Waals surface area (Å²) in [7, 11) is 5.12. The van der Waals surface area contributed by atoms with E-state index in [-0.39, 0.29) is 64.6 Å². The van der Waals surface area contributed by atoms with Gasteiger partial charge in [-0.2, -0.15) is 0 Å². The van der Waals surface area contributed by atoms with Crippen LogP contribution in [0.25, 0.3) is 0 Å². The normalized spacial score (nSPS) is 28.2. The molecule has 14 heteroatoms. The average molecular weight is 538 g/mol. The summed E-state index contributed by atoms with van der Waals surface area (Å²) >= 11 is 2.71. The van der Waals surface area contributed by atoms with Gasteiger partial charge in [0, 0.05) is 50.2 Å². The summed E-state index contributed by atoms with van der Waals surface area (Å²) in [5, 5.41) is 24.9. The standard InChI is InChI=1S/C22H31N7O5S2/c1-10(6-12(30)9-35-22-24-25-26-28(22)5)15-16-11(2)18(17(21(33)34)29(16)20(15)32)36-13-7-14(23-8-13)19(31)27(3)4/h10-11,13-16,23H,6-9H2,1-5H3,(H,33,34)/t10-,11+,13-,14-,15+,16+/m0/s1. The molecule has 2 fully saturated rings. The van der Waals surface area contributed by atoms with Gasteiger partial charge in [-0.15, -0.1) is 16.9 Å². The highest BCUT2D eigenvalue weighted by Crippen LogP contribution is 2.53. The molecule has 4 heterocycles. The van der Waals surface area contributed by atoms with E-state index in [0.717, 1.165) is 0 Å². The number of aryl methyl sites for hydroxylation is 1. The van der Waals surface area contributed by atoms with Gasteiger partial charge in [0.1, 0.15) is 11.5 Å². The highest BCUT2D eigenvalue weighted by atomic mass is 32.2. The zero-order chi connectivity index (χ0) is 26.3. The third-order valence-corrected chi connectivity index (χ3v) is 9.60. The first kappa shape index (κ1) is 26.6. The molecule has 196 valence electrons. The predicted octanol–water partition coefficient (Wildman–Crippen LogP) is 0.222. The predicted molar refractivity (Wildman–Crippen MR) is 133 cm³/mol. The van der Waals surface area contributed by atoms with Gasteiger partial charge in [0.05, 0.1) is 23.8 Å². The van der Waals surface area contributed by atoms with Crippen LogP contribution in [0.5, 0.6) is 0 Å². The number of carbonyl (C=O) groups is 4. The smallest absolute Gasteiger partial charge is 0.353 e. The van der Waals surface area contributed by atoms with Gasteiger partial charge in [-0.3, -0.25) is 14.4 Å². The summed E-state index contributed by atoms with van der Waals surface area (Å²) in [4.78, 5) is 53.9. The van der Waals surface area contributed by atoms with Gasteiger partial charge in [0.15, 0.2) is 0 Å². The lowest BCUT2D eigenvalue weighted by atomic mass is 9.73. The highest BCUT2D eigenvalue weighted by Gasteiger charge is 2.60. The monoisotopic (exact) mass is 537 g/mol. The molecule has 3 aliphatic rings. The van der Waals surface area contributed by atoms with E-state index in [9.17, 15) is 24.3 Å². The number of amides is 2. The zero-order valence-electron chi connectivity index (χ0n) is 20.9. The number of aliphatic carboxylic acids is 1. The minimum absolute atomic E-state index is 0.00355. The van der Waals surface area contributed by atoms with Gasteiger partial charge < -0.3 is 20.2 Å². The largest absolute Gasteiger partial charge is 0.477 e. The first-order valence-electron chi connectivity index (χ1n) is 11.8. The van der Waals surface area contributed by atoms with Crippen molar-refractivity contribution in [2.45, 2.75) is 49.2 Å². The molecule has 36 heavy (non-hydrogen) atoms. The molecule has 0 bridgehead atoms. The molecule has 6 atom stereocenters. The second-order valence-electron chi connectivity index (χ2n) is 9.79.